The standard InChI is InChI=1S/C22H28N2O3/c1-5-16(4)23-21(25)17-10-6-8-12-19(17)24-22(26)18-11-7-9-13-20(18)27-14-15(2)3/h6-13,15-16H,5,14H2,1-4H3,(H,23,25)(H,24,26). The molecule has 0 aliphatic carbocycles. The van der Waals surface area contributed by atoms with Gasteiger partial charge in [-0.05, 0) is 43.5 Å². The zero-order valence-electron chi connectivity index (χ0n) is 16.4. The monoisotopic (exact) mass is 368 g/mol. The molecule has 144 valence electrons. The van der Waals surface area contributed by atoms with Crippen LogP contribution in [0.5, 0.6) is 5.75 Å². The molecule has 0 heterocycles. The van der Waals surface area contributed by atoms with E-state index in [0.29, 0.717) is 35.1 Å². The number of benzene rings is 2. The lowest BCUT2D eigenvalue weighted by Gasteiger charge is -2.16. The summed E-state index contributed by atoms with van der Waals surface area (Å²) in [4.78, 5) is 25.3. The summed E-state index contributed by atoms with van der Waals surface area (Å²) in [6.07, 6.45) is 0.834. The summed E-state index contributed by atoms with van der Waals surface area (Å²) in [5, 5.41) is 5.78. The fraction of sp³-hybridized carbons (Fsp3) is 0.364. The maximum Gasteiger partial charge on any atom is 0.259 e. The fourth-order valence-corrected chi connectivity index (χ4v) is 2.42. The van der Waals surface area contributed by atoms with Gasteiger partial charge in [0.2, 0.25) is 0 Å². The Morgan fingerprint density at radius 2 is 1.56 bits per heavy atom. The highest BCUT2D eigenvalue weighted by molar-refractivity contribution is 6.10. The van der Waals surface area contributed by atoms with Crippen molar-refractivity contribution in [3.8, 4) is 5.75 Å². The molecule has 2 rings (SSSR count). The predicted octanol–water partition coefficient (Wildman–Crippen LogP) is 4.50. The van der Waals surface area contributed by atoms with Gasteiger partial charge in [-0.25, -0.2) is 0 Å². The fourth-order valence-electron chi connectivity index (χ4n) is 2.42. The summed E-state index contributed by atoms with van der Waals surface area (Å²) in [5.41, 5.74) is 1.35. The van der Waals surface area contributed by atoms with Crippen LogP contribution in [0.4, 0.5) is 5.69 Å². The molecule has 1 atom stereocenters. The lowest BCUT2D eigenvalue weighted by atomic mass is 10.1. The van der Waals surface area contributed by atoms with E-state index in [1.54, 1.807) is 42.5 Å². The van der Waals surface area contributed by atoms with Gasteiger partial charge in [0.25, 0.3) is 11.8 Å². The first kappa shape index (κ1) is 20.5. The van der Waals surface area contributed by atoms with Crippen LogP contribution in [0.15, 0.2) is 48.5 Å². The van der Waals surface area contributed by atoms with Crippen molar-refractivity contribution in [2.45, 2.75) is 40.2 Å². The Kier molecular flexibility index (Phi) is 7.41. The van der Waals surface area contributed by atoms with Crippen LogP contribution in [0.25, 0.3) is 0 Å². The zero-order valence-corrected chi connectivity index (χ0v) is 16.4. The predicted molar refractivity (Wildman–Crippen MR) is 108 cm³/mol. The number of nitrogens with one attached hydrogen (secondary N) is 2. The first-order valence-corrected chi connectivity index (χ1v) is 9.35. The van der Waals surface area contributed by atoms with E-state index >= 15 is 0 Å². The molecule has 0 radical (unpaired) electrons. The first-order chi connectivity index (χ1) is 12.9. The molecule has 0 aromatic heterocycles. The first-order valence-electron chi connectivity index (χ1n) is 9.35. The molecule has 27 heavy (non-hydrogen) atoms. The molecule has 0 fully saturated rings. The van der Waals surface area contributed by atoms with Gasteiger partial charge < -0.3 is 15.4 Å². The Bertz CT molecular complexity index is 787. The van der Waals surface area contributed by atoms with Crippen LogP contribution >= 0.6 is 0 Å². The highest BCUT2D eigenvalue weighted by Crippen LogP contribution is 2.22. The maximum absolute atomic E-state index is 12.8. The number of rotatable bonds is 8. The molecule has 0 bridgehead atoms. The molecular formula is C22H28N2O3. The van der Waals surface area contributed by atoms with Gasteiger partial charge in [-0.1, -0.05) is 45.0 Å². The van der Waals surface area contributed by atoms with Gasteiger partial charge >= 0.3 is 0 Å². The second-order valence-electron chi connectivity index (χ2n) is 6.98. The van der Waals surface area contributed by atoms with Crippen molar-refractivity contribution in [3.63, 3.8) is 0 Å². The summed E-state index contributed by atoms with van der Waals surface area (Å²) in [6.45, 7) is 8.58. The summed E-state index contributed by atoms with van der Waals surface area (Å²) in [6, 6.07) is 14.2. The van der Waals surface area contributed by atoms with Crippen LogP contribution in [0, 0.1) is 5.92 Å². The molecule has 5 heteroatoms. The van der Waals surface area contributed by atoms with Crippen LogP contribution in [-0.2, 0) is 0 Å². The number of amides is 2. The van der Waals surface area contributed by atoms with E-state index in [1.807, 2.05) is 19.9 Å². The smallest absolute Gasteiger partial charge is 0.259 e. The van der Waals surface area contributed by atoms with Crippen LogP contribution in [0.1, 0.15) is 54.8 Å². The normalized spacial score (nSPS) is 11.7. The summed E-state index contributed by atoms with van der Waals surface area (Å²) >= 11 is 0. The number of carbonyl (C=O) groups excluding carboxylic acids is 2. The van der Waals surface area contributed by atoms with Crippen molar-refractivity contribution in [2.24, 2.45) is 5.92 Å². The maximum atomic E-state index is 12.8. The second kappa shape index (κ2) is 9.76. The van der Waals surface area contributed by atoms with Crippen molar-refractivity contribution in [2.75, 3.05) is 11.9 Å². The lowest BCUT2D eigenvalue weighted by molar-refractivity contribution is 0.0940. The zero-order chi connectivity index (χ0) is 19.8. The number of hydrogen-bond acceptors (Lipinski definition) is 3. The van der Waals surface area contributed by atoms with Crippen LogP contribution in [0.2, 0.25) is 0 Å². The molecule has 0 spiro atoms. The lowest BCUT2D eigenvalue weighted by Crippen LogP contribution is -2.32. The molecule has 0 aliphatic heterocycles. The van der Waals surface area contributed by atoms with E-state index in [0.717, 1.165) is 6.42 Å². The van der Waals surface area contributed by atoms with E-state index in [1.165, 1.54) is 0 Å². The average Bonchev–Trinajstić information content (AvgIpc) is 2.66. The summed E-state index contributed by atoms with van der Waals surface area (Å²) in [7, 11) is 0. The number of para-hydroxylation sites is 2. The third kappa shape index (κ3) is 5.84. The highest BCUT2D eigenvalue weighted by Gasteiger charge is 2.17. The van der Waals surface area contributed by atoms with E-state index in [2.05, 4.69) is 24.5 Å². The van der Waals surface area contributed by atoms with Gasteiger partial charge in [0.15, 0.2) is 0 Å². The van der Waals surface area contributed by atoms with E-state index < -0.39 is 0 Å². The Morgan fingerprint density at radius 1 is 0.926 bits per heavy atom. The summed E-state index contributed by atoms with van der Waals surface area (Å²) in [5.74, 6) is 0.374. The number of carbonyl (C=O) groups is 2. The van der Waals surface area contributed by atoms with Crippen molar-refractivity contribution in [1.29, 1.82) is 0 Å². The second-order valence-corrected chi connectivity index (χ2v) is 6.98. The largest absolute Gasteiger partial charge is 0.492 e. The molecule has 0 saturated carbocycles. The molecule has 2 N–H and O–H groups in total. The molecule has 1 unspecified atom stereocenters. The van der Waals surface area contributed by atoms with Crippen molar-refractivity contribution >= 4 is 17.5 Å². The van der Waals surface area contributed by atoms with Crippen LogP contribution < -0.4 is 15.4 Å². The number of hydrogen-bond donors (Lipinski definition) is 2. The molecular weight excluding hydrogens is 340 g/mol. The van der Waals surface area contributed by atoms with E-state index in [9.17, 15) is 9.59 Å². The number of ether oxygens (including phenoxy) is 1. The Morgan fingerprint density at radius 3 is 2.22 bits per heavy atom. The van der Waals surface area contributed by atoms with Gasteiger partial charge in [0.1, 0.15) is 5.75 Å². The van der Waals surface area contributed by atoms with E-state index in [-0.39, 0.29) is 17.9 Å². The SMILES string of the molecule is CCC(C)NC(=O)c1ccccc1NC(=O)c1ccccc1OCC(C)C. The Balaban J connectivity index is 2.21. The topological polar surface area (TPSA) is 67.4 Å². The summed E-state index contributed by atoms with van der Waals surface area (Å²) < 4.78 is 5.76. The van der Waals surface area contributed by atoms with Crippen molar-refractivity contribution in [1.82, 2.24) is 5.32 Å². The van der Waals surface area contributed by atoms with E-state index in [4.69, 9.17) is 4.74 Å². The van der Waals surface area contributed by atoms with Crippen molar-refractivity contribution < 1.29 is 14.3 Å². The van der Waals surface area contributed by atoms with Gasteiger partial charge in [0.05, 0.1) is 23.4 Å². The quantitative estimate of drug-likeness (QED) is 0.721. The molecule has 5 nitrogen and oxygen atoms in total. The van der Waals surface area contributed by atoms with Gasteiger partial charge in [-0.15, -0.1) is 0 Å². The molecule has 0 saturated heterocycles. The van der Waals surface area contributed by atoms with Gasteiger partial charge in [0, 0.05) is 6.04 Å². The molecule has 2 aromatic rings. The number of anilines is 1. The Hall–Kier alpha value is -2.82. The minimum absolute atomic E-state index is 0.0615. The minimum atomic E-state index is -0.307. The van der Waals surface area contributed by atoms with Crippen molar-refractivity contribution in [3.05, 3.63) is 59.7 Å². The molecule has 0 aliphatic rings. The highest BCUT2D eigenvalue weighted by atomic mass is 16.5. The van der Waals surface area contributed by atoms with Crippen LogP contribution in [0.3, 0.4) is 0 Å². The third-order valence-electron chi connectivity index (χ3n) is 4.11. The molecule has 2 aromatic carbocycles. The van der Waals surface area contributed by atoms with Gasteiger partial charge in [-0.3, -0.25) is 9.59 Å². The average molecular weight is 368 g/mol. The van der Waals surface area contributed by atoms with Crippen LogP contribution in [-0.4, -0.2) is 24.5 Å². The Labute approximate surface area is 161 Å². The minimum Gasteiger partial charge on any atom is -0.492 e. The van der Waals surface area contributed by atoms with Gasteiger partial charge in [-0.2, -0.15) is 0 Å². The third-order valence-corrected chi connectivity index (χ3v) is 4.11. The molecule has 2 amide bonds.